The van der Waals surface area contributed by atoms with Crippen LogP contribution in [0.25, 0.3) is 21.8 Å². The quantitative estimate of drug-likeness (QED) is 0.783. The highest BCUT2D eigenvalue weighted by molar-refractivity contribution is 6.08. The molecule has 1 aromatic heterocycles. The maximum absolute atomic E-state index is 10.3. The summed E-state index contributed by atoms with van der Waals surface area (Å²) in [4.78, 5) is 0. The van der Waals surface area contributed by atoms with Crippen LogP contribution in [0.2, 0.25) is 0 Å². The third kappa shape index (κ3) is 1.90. The van der Waals surface area contributed by atoms with Gasteiger partial charge in [0, 0.05) is 17.9 Å². The molecule has 0 aliphatic rings. The van der Waals surface area contributed by atoms with Crippen LogP contribution in [-0.4, -0.2) is 22.9 Å². The molecule has 104 valence electrons. The van der Waals surface area contributed by atoms with Crippen molar-refractivity contribution in [1.29, 1.82) is 0 Å². The zero-order valence-corrected chi connectivity index (χ0v) is 11.8. The average molecular weight is 269 g/mol. The molecule has 3 aromatic rings. The van der Waals surface area contributed by atoms with Gasteiger partial charge < -0.3 is 14.4 Å². The molecule has 3 rings (SSSR count). The number of hydrogen-bond donors (Lipinski definition) is 1. The first-order valence-corrected chi connectivity index (χ1v) is 6.96. The number of aliphatic hydroxyl groups excluding tert-OH is 1. The maximum Gasteiger partial charge on any atom is 0.160 e. The number of ether oxygens (including phenoxy) is 1. The topological polar surface area (TPSA) is 34.4 Å². The average Bonchev–Trinajstić information content (AvgIpc) is 2.83. The first-order chi connectivity index (χ1) is 9.77. The molecule has 1 heterocycles. The van der Waals surface area contributed by atoms with E-state index in [-0.39, 0.29) is 6.23 Å². The van der Waals surface area contributed by atoms with Gasteiger partial charge in [0.25, 0.3) is 0 Å². The molecule has 2 aromatic carbocycles. The molecule has 0 saturated heterocycles. The molecular weight excluding hydrogens is 250 g/mol. The Morgan fingerprint density at radius 3 is 1.95 bits per heavy atom. The Labute approximate surface area is 118 Å². The van der Waals surface area contributed by atoms with Gasteiger partial charge in [0.15, 0.2) is 6.23 Å². The fourth-order valence-electron chi connectivity index (χ4n) is 2.86. The van der Waals surface area contributed by atoms with Gasteiger partial charge in [-0.05, 0) is 18.6 Å². The van der Waals surface area contributed by atoms with Crippen LogP contribution in [0.3, 0.4) is 0 Å². The van der Waals surface area contributed by atoms with E-state index < -0.39 is 6.10 Å². The summed E-state index contributed by atoms with van der Waals surface area (Å²) < 4.78 is 7.67. The van der Waals surface area contributed by atoms with Crippen LogP contribution in [0.5, 0.6) is 0 Å². The number of benzene rings is 2. The molecule has 0 spiro atoms. The number of nitrogens with zero attached hydrogens (tertiary/aromatic N) is 1. The van der Waals surface area contributed by atoms with E-state index in [1.165, 1.54) is 10.8 Å². The van der Waals surface area contributed by atoms with E-state index in [1.54, 1.807) is 7.11 Å². The number of hydrogen-bond acceptors (Lipinski definition) is 2. The van der Waals surface area contributed by atoms with Gasteiger partial charge in [0.2, 0.25) is 0 Å². The van der Waals surface area contributed by atoms with Crippen LogP contribution in [0.15, 0.2) is 48.5 Å². The van der Waals surface area contributed by atoms with Gasteiger partial charge in [0.1, 0.15) is 0 Å². The second kappa shape index (κ2) is 5.27. The van der Waals surface area contributed by atoms with Crippen LogP contribution < -0.4 is 0 Å². The number of aliphatic hydroxyl groups is 1. The highest BCUT2D eigenvalue weighted by Crippen LogP contribution is 2.33. The standard InChI is InChI=1S/C17H19NO2/c1-3-16(19)17(20-2)18-14-10-6-4-8-12(14)13-9-5-7-11-15(13)18/h4-11,16-17,19H,3H2,1-2H3/t16-,17-/m0/s1. The molecule has 3 nitrogen and oxygen atoms in total. The van der Waals surface area contributed by atoms with Crippen molar-refractivity contribution in [3.05, 3.63) is 48.5 Å². The summed E-state index contributed by atoms with van der Waals surface area (Å²) in [5.41, 5.74) is 2.18. The summed E-state index contributed by atoms with van der Waals surface area (Å²) in [6, 6.07) is 16.5. The zero-order chi connectivity index (χ0) is 14.1. The molecule has 2 atom stereocenters. The first-order valence-electron chi connectivity index (χ1n) is 6.96. The second-order valence-electron chi connectivity index (χ2n) is 5.01. The summed E-state index contributed by atoms with van der Waals surface area (Å²) in [6.45, 7) is 1.96. The lowest BCUT2D eigenvalue weighted by Crippen LogP contribution is -2.25. The van der Waals surface area contributed by atoms with Crippen LogP contribution >= 0.6 is 0 Å². The van der Waals surface area contributed by atoms with E-state index in [0.717, 1.165) is 11.0 Å². The SMILES string of the molecule is CC[C@H](O)[C@H](OC)n1c2ccccc2c2ccccc21. The minimum atomic E-state index is -0.529. The predicted octanol–water partition coefficient (Wildman–Crippen LogP) is 3.71. The van der Waals surface area contributed by atoms with Gasteiger partial charge in [-0.3, -0.25) is 0 Å². The van der Waals surface area contributed by atoms with Crippen LogP contribution in [0.1, 0.15) is 19.6 Å². The molecule has 0 saturated carbocycles. The van der Waals surface area contributed by atoms with Crippen LogP contribution in [-0.2, 0) is 4.74 Å². The van der Waals surface area contributed by atoms with Gasteiger partial charge in [-0.2, -0.15) is 0 Å². The van der Waals surface area contributed by atoms with E-state index in [0.29, 0.717) is 6.42 Å². The normalized spacial score (nSPS) is 14.8. The summed E-state index contributed by atoms with van der Waals surface area (Å²) in [6.07, 6.45) is -0.247. The molecule has 1 N–H and O–H groups in total. The molecule has 0 fully saturated rings. The molecule has 0 amide bonds. The Bertz CT molecular complexity index is 679. The summed E-state index contributed by atoms with van der Waals surface area (Å²) in [5.74, 6) is 0. The van der Waals surface area contributed by atoms with Crippen molar-refractivity contribution in [2.24, 2.45) is 0 Å². The largest absolute Gasteiger partial charge is 0.388 e. The number of aromatic nitrogens is 1. The first kappa shape index (κ1) is 13.2. The van der Waals surface area contributed by atoms with Crippen molar-refractivity contribution in [2.75, 3.05) is 7.11 Å². The van der Waals surface area contributed by atoms with E-state index in [1.807, 2.05) is 31.2 Å². The van der Waals surface area contributed by atoms with Crippen molar-refractivity contribution < 1.29 is 9.84 Å². The molecular formula is C17H19NO2. The minimum absolute atomic E-state index is 0.371. The third-order valence-corrected chi connectivity index (χ3v) is 3.86. The maximum atomic E-state index is 10.3. The van der Waals surface area contributed by atoms with Gasteiger partial charge in [0.05, 0.1) is 17.1 Å². The number of para-hydroxylation sites is 2. The Morgan fingerprint density at radius 2 is 1.50 bits per heavy atom. The highest BCUT2D eigenvalue weighted by Gasteiger charge is 2.23. The fraction of sp³-hybridized carbons (Fsp3) is 0.294. The van der Waals surface area contributed by atoms with E-state index in [9.17, 15) is 5.11 Å². The van der Waals surface area contributed by atoms with Crippen molar-refractivity contribution in [1.82, 2.24) is 4.57 Å². The summed E-state index contributed by atoms with van der Waals surface area (Å²) in [7, 11) is 1.65. The lowest BCUT2D eigenvalue weighted by molar-refractivity contribution is -0.0542. The van der Waals surface area contributed by atoms with Crippen LogP contribution in [0.4, 0.5) is 0 Å². The monoisotopic (exact) mass is 269 g/mol. The number of fused-ring (bicyclic) bond motifs is 3. The summed E-state index contributed by atoms with van der Waals surface area (Å²) >= 11 is 0. The Morgan fingerprint density at radius 1 is 1.00 bits per heavy atom. The molecule has 3 heteroatoms. The Balaban J connectivity index is 2.36. The third-order valence-electron chi connectivity index (χ3n) is 3.86. The van der Waals surface area contributed by atoms with Gasteiger partial charge in [-0.25, -0.2) is 0 Å². The number of rotatable bonds is 4. The minimum Gasteiger partial charge on any atom is -0.388 e. The van der Waals surface area contributed by atoms with Gasteiger partial charge >= 0.3 is 0 Å². The van der Waals surface area contributed by atoms with E-state index in [2.05, 4.69) is 28.8 Å². The van der Waals surface area contributed by atoms with Crippen molar-refractivity contribution in [2.45, 2.75) is 25.7 Å². The molecule has 0 bridgehead atoms. The highest BCUT2D eigenvalue weighted by atomic mass is 16.5. The van der Waals surface area contributed by atoms with Crippen molar-refractivity contribution in [3.8, 4) is 0 Å². The molecule has 0 aliphatic carbocycles. The Hall–Kier alpha value is -1.84. The Kier molecular flexibility index (Phi) is 3.47. The zero-order valence-electron chi connectivity index (χ0n) is 11.8. The molecule has 20 heavy (non-hydrogen) atoms. The molecule has 0 radical (unpaired) electrons. The number of methoxy groups -OCH3 is 1. The van der Waals surface area contributed by atoms with Crippen molar-refractivity contribution in [3.63, 3.8) is 0 Å². The lowest BCUT2D eigenvalue weighted by atomic mass is 10.2. The molecule has 0 unspecified atom stereocenters. The van der Waals surface area contributed by atoms with E-state index in [4.69, 9.17) is 4.74 Å². The summed E-state index contributed by atoms with van der Waals surface area (Å²) in [5, 5.41) is 12.6. The van der Waals surface area contributed by atoms with Crippen molar-refractivity contribution >= 4 is 21.8 Å². The van der Waals surface area contributed by atoms with Gasteiger partial charge in [-0.15, -0.1) is 0 Å². The predicted molar refractivity (Wildman–Crippen MR) is 81.8 cm³/mol. The van der Waals surface area contributed by atoms with Gasteiger partial charge in [-0.1, -0.05) is 43.3 Å². The van der Waals surface area contributed by atoms with Crippen LogP contribution in [0, 0.1) is 0 Å². The fourth-order valence-corrected chi connectivity index (χ4v) is 2.86. The second-order valence-corrected chi connectivity index (χ2v) is 5.01. The molecule has 0 aliphatic heterocycles. The smallest absolute Gasteiger partial charge is 0.160 e. The lowest BCUT2D eigenvalue weighted by Gasteiger charge is -2.24. The van der Waals surface area contributed by atoms with E-state index >= 15 is 0 Å².